The summed E-state index contributed by atoms with van der Waals surface area (Å²) in [6, 6.07) is 8.08. The highest BCUT2D eigenvalue weighted by molar-refractivity contribution is 5.92. The molecule has 25 heavy (non-hydrogen) atoms. The minimum atomic E-state index is -0.327. The molecule has 0 aliphatic carbocycles. The van der Waals surface area contributed by atoms with Crippen LogP contribution in [0, 0.1) is 12.7 Å². The van der Waals surface area contributed by atoms with Crippen molar-refractivity contribution in [1.82, 2.24) is 15.3 Å². The van der Waals surface area contributed by atoms with E-state index in [0.29, 0.717) is 17.2 Å². The fourth-order valence-electron chi connectivity index (χ4n) is 2.99. The van der Waals surface area contributed by atoms with Crippen LogP contribution >= 0.6 is 0 Å². The van der Waals surface area contributed by atoms with Crippen LogP contribution in [0.4, 0.5) is 10.3 Å². The van der Waals surface area contributed by atoms with Crippen molar-refractivity contribution in [2.75, 3.05) is 18.0 Å². The van der Waals surface area contributed by atoms with Gasteiger partial charge in [-0.25, -0.2) is 14.4 Å². The number of aryl methyl sites for hydroxylation is 1. The van der Waals surface area contributed by atoms with Crippen LogP contribution in [-0.4, -0.2) is 29.0 Å². The zero-order valence-corrected chi connectivity index (χ0v) is 14.5. The summed E-state index contributed by atoms with van der Waals surface area (Å²) >= 11 is 0. The molecule has 0 radical (unpaired) electrons. The largest absolute Gasteiger partial charge is 0.347 e. The fraction of sp³-hybridized carbons (Fsp3) is 0.421. The number of aromatic nitrogens is 2. The van der Waals surface area contributed by atoms with Crippen molar-refractivity contribution in [2.45, 2.75) is 39.2 Å². The molecule has 1 aliphatic heterocycles. The third-order valence-electron chi connectivity index (χ3n) is 4.36. The monoisotopic (exact) mass is 342 g/mol. The summed E-state index contributed by atoms with van der Waals surface area (Å²) in [6.45, 7) is 3.82. The third-order valence-corrected chi connectivity index (χ3v) is 4.36. The number of carbonyl (C=O) groups is 1. The number of carbonyl (C=O) groups excluding carboxylic acids is 1. The Morgan fingerprint density at radius 3 is 2.60 bits per heavy atom. The Kier molecular flexibility index (Phi) is 5.58. The van der Waals surface area contributed by atoms with Crippen molar-refractivity contribution in [3.63, 3.8) is 0 Å². The van der Waals surface area contributed by atoms with E-state index in [1.807, 2.05) is 6.92 Å². The molecule has 1 N–H and O–H groups in total. The molecular weight excluding hydrogens is 319 g/mol. The minimum Gasteiger partial charge on any atom is -0.347 e. The van der Waals surface area contributed by atoms with Gasteiger partial charge < -0.3 is 10.2 Å². The highest BCUT2D eigenvalue weighted by Gasteiger charge is 2.16. The first-order valence-corrected chi connectivity index (χ1v) is 8.76. The lowest BCUT2D eigenvalue weighted by atomic mass is 10.2. The first-order chi connectivity index (χ1) is 12.1. The number of rotatable bonds is 4. The number of hydrogen-bond donors (Lipinski definition) is 1. The van der Waals surface area contributed by atoms with Gasteiger partial charge in [0.15, 0.2) is 0 Å². The molecule has 1 saturated heterocycles. The molecule has 2 heterocycles. The summed E-state index contributed by atoms with van der Waals surface area (Å²) in [7, 11) is 0. The van der Waals surface area contributed by atoms with Gasteiger partial charge in [0.25, 0.3) is 5.91 Å². The average Bonchev–Trinajstić information content (AvgIpc) is 2.89. The smallest absolute Gasteiger partial charge is 0.270 e. The molecule has 5 nitrogen and oxygen atoms in total. The Morgan fingerprint density at radius 1 is 1.16 bits per heavy atom. The first kappa shape index (κ1) is 17.3. The quantitative estimate of drug-likeness (QED) is 0.927. The van der Waals surface area contributed by atoms with Gasteiger partial charge in [0, 0.05) is 30.9 Å². The van der Waals surface area contributed by atoms with Crippen molar-refractivity contribution in [3.05, 3.63) is 53.1 Å². The standard InChI is InChI=1S/C19H23FN4O/c1-14-12-17(18(25)21-13-15-8-4-5-9-16(15)20)23-19(22-14)24-10-6-2-3-7-11-24/h4-5,8-9,12H,2-3,6-7,10-11,13H2,1H3,(H,21,25). The van der Waals surface area contributed by atoms with E-state index in [2.05, 4.69) is 20.2 Å². The van der Waals surface area contributed by atoms with Gasteiger partial charge in [0.2, 0.25) is 5.95 Å². The van der Waals surface area contributed by atoms with E-state index >= 15 is 0 Å². The molecule has 0 saturated carbocycles. The molecule has 1 aliphatic rings. The summed E-state index contributed by atoms with van der Waals surface area (Å²) in [4.78, 5) is 23.5. The molecule has 1 amide bonds. The normalized spacial score (nSPS) is 14.9. The van der Waals surface area contributed by atoms with Gasteiger partial charge in [-0.15, -0.1) is 0 Å². The molecule has 1 aromatic heterocycles. The minimum absolute atomic E-state index is 0.133. The Hall–Kier alpha value is -2.50. The second-order valence-corrected chi connectivity index (χ2v) is 6.37. The molecule has 0 unspecified atom stereocenters. The number of halogens is 1. The summed E-state index contributed by atoms with van der Waals surface area (Å²) < 4.78 is 13.7. The number of nitrogens with zero attached hydrogens (tertiary/aromatic N) is 3. The van der Waals surface area contributed by atoms with E-state index in [1.165, 1.54) is 18.9 Å². The molecule has 6 heteroatoms. The van der Waals surface area contributed by atoms with E-state index in [-0.39, 0.29) is 18.3 Å². The Morgan fingerprint density at radius 2 is 1.88 bits per heavy atom. The van der Waals surface area contributed by atoms with Gasteiger partial charge in [0.1, 0.15) is 11.5 Å². The number of benzene rings is 1. The summed E-state index contributed by atoms with van der Waals surface area (Å²) in [6.07, 6.45) is 4.68. The highest BCUT2D eigenvalue weighted by Crippen LogP contribution is 2.17. The van der Waals surface area contributed by atoms with Crippen LogP contribution in [0.15, 0.2) is 30.3 Å². The molecule has 0 spiro atoms. The number of nitrogens with one attached hydrogen (secondary N) is 1. The van der Waals surface area contributed by atoms with Gasteiger partial charge in [-0.2, -0.15) is 0 Å². The second-order valence-electron chi connectivity index (χ2n) is 6.37. The van der Waals surface area contributed by atoms with Crippen LogP contribution in [0.5, 0.6) is 0 Å². The Balaban J connectivity index is 1.72. The lowest BCUT2D eigenvalue weighted by Crippen LogP contribution is -2.29. The van der Waals surface area contributed by atoms with Crippen molar-refractivity contribution in [1.29, 1.82) is 0 Å². The van der Waals surface area contributed by atoms with Crippen LogP contribution in [0.25, 0.3) is 0 Å². The highest BCUT2D eigenvalue weighted by atomic mass is 19.1. The van der Waals surface area contributed by atoms with Crippen LogP contribution in [0.2, 0.25) is 0 Å². The number of anilines is 1. The van der Waals surface area contributed by atoms with Crippen LogP contribution in [0.3, 0.4) is 0 Å². The summed E-state index contributed by atoms with van der Waals surface area (Å²) in [5.74, 6) is -0.0327. The lowest BCUT2D eigenvalue weighted by molar-refractivity contribution is 0.0945. The lowest BCUT2D eigenvalue weighted by Gasteiger charge is -2.21. The van der Waals surface area contributed by atoms with E-state index < -0.39 is 0 Å². The van der Waals surface area contributed by atoms with Crippen LogP contribution in [-0.2, 0) is 6.54 Å². The second kappa shape index (κ2) is 8.05. The van der Waals surface area contributed by atoms with Gasteiger partial charge in [0.05, 0.1) is 0 Å². The first-order valence-electron chi connectivity index (χ1n) is 8.76. The molecule has 1 fully saturated rings. The number of amides is 1. The van der Waals surface area contributed by atoms with Gasteiger partial charge in [-0.1, -0.05) is 31.0 Å². The molecular formula is C19H23FN4O. The molecule has 0 bridgehead atoms. The molecule has 1 aromatic carbocycles. The SMILES string of the molecule is Cc1cc(C(=O)NCc2ccccc2F)nc(N2CCCCCC2)n1. The Bertz CT molecular complexity index is 742. The average molecular weight is 342 g/mol. The fourth-order valence-corrected chi connectivity index (χ4v) is 2.99. The summed E-state index contributed by atoms with van der Waals surface area (Å²) in [5.41, 5.74) is 1.53. The molecule has 0 atom stereocenters. The van der Waals surface area contributed by atoms with Gasteiger partial charge >= 0.3 is 0 Å². The van der Waals surface area contributed by atoms with Gasteiger partial charge in [-0.05, 0) is 31.9 Å². The van der Waals surface area contributed by atoms with Gasteiger partial charge in [-0.3, -0.25) is 4.79 Å². The maximum absolute atomic E-state index is 13.7. The van der Waals surface area contributed by atoms with Crippen molar-refractivity contribution >= 4 is 11.9 Å². The third kappa shape index (κ3) is 4.53. The predicted molar refractivity (Wildman–Crippen MR) is 95.0 cm³/mol. The predicted octanol–water partition coefficient (Wildman–Crippen LogP) is 3.23. The van der Waals surface area contributed by atoms with Crippen molar-refractivity contribution in [3.8, 4) is 0 Å². The van der Waals surface area contributed by atoms with Crippen LogP contribution in [0.1, 0.15) is 47.4 Å². The summed E-state index contributed by atoms with van der Waals surface area (Å²) in [5, 5.41) is 2.74. The zero-order chi connectivity index (χ0) is 17.6. The van der Waals surface area contributed by atoms with E-state index in [1.54, 1.807) is 24.3 Å². The molecule has 132 valence electrons. The van der Waals surface area contributed by atoms with Crippen molar-refractivity contribution < 1.29 is 9.18 Å². The topological polar surface area (TPSA) is 58.1 Å². The zero-order valence-electron chi connectivity index (χ0n) is 14.5. The van der Waals surface area contributed by atoms with E-state index in [4.69, 9.17) is 0 Å². The van der Waals surface area contributed by atoms with Crippen LogP contribution < -0.4 is 10.2 Å². The number of hydrogen-bond acceptors (Lipinski definition) is 4. The van der Waals surface area contributed by atoms with E-state index in [9.17, 15) is 9.18 Å². The maximum atomic E-state index is 13.7. The Labute approximate surface area is 147 Å². The maximum Gasteiger partial charge on any atom is 0.270 e. The molecule has 2 aromatic rings. The van der Waals surface area contributed by atoms with E-state index in [0.717, 1.165) is 31.6 Å². The molecule has 3 rings (SSSR count). The van der Waals surface area contributed by atoms with Crippen molar-refractivity contribution in [2.24, 2.45) is 0 Å².